The molecule has 1 amide bonds. The molecule has 0 fully saturated rings. The first-order valence-corrected chi connectivity index (χ1v) is 4.60. The Morgan fingerprint density at radius 2 is 2.00 bits per heavy atom. The van der Waals surface area contributed by atoms with Crippen molar-refractivity contribution in [3.8, 4) is 0 Å². The van der Waals surface area contributed by atoms with E-state index in [9.17, 15) is 13.6 Å². The number of hydroxylamine groups is 1. The summed E-state index contributed by atoms with van der Waals surface area (Å²) in [6, 6.07) is 2.67. The Morgan fingerprint density at radius 1 is 1.44 bits per heavy atom. The van der Waals surface area contributed by atoms with Crippen molar-refractivity contribution in [3.63, 3.8) is 0 Å². The number of nitrogens with two attached hydrogens (primary N) is 1. The van der Waals surface area contributed by atoms with Gasteiger partial charge in [-0.25, -0.2) is 8.78 Å². The molecule has 0 radical (unpaired) electrons. The molecule has 0 saturated heterocycles. The Balaban J connectivity index is 2.58. The molecule has 0 heterocycles. The number of hydrogen-bond acceptors (Lipinski definition) is 3. The van der Waals surface area contributed by atoms with Crippen molar-refractivity contribution in [3.05, 3.63) is 35.4 Å². The number of amides is 1. The van der Waals surface area contributed by atoms with E-state index in [4.69, 9.17) is 10.6 Å². The van der Waals surface area contributed by atoms with E-state index < -0.39 is 23.6 Å². The first-order chi connectivity index (χ1) is 7.49. The molecule has 1 unspecified atom stereocenters. The summed E-state index contributed by atoms with van der Waals surface area (Å²) in [5.41, 5.74) is 7.67. The van der Waals surface area contributed by atoms with Crippen LogP contribution < -0.4 is 11.2 Å². The molecule has 0 bridgehead atoms. The number of primary amides is 1. The highest BCUT2D eigenvalue weighted by Gasteiger charge is 2.08. The summed E-state index contributed by atoms with van der Waals surface area (Å²) in [7, 11) is 0. The molecule has 0 spiro atoms. The van der Waals surface area contributed by atoms with Crippen LogP contribution >= 0.6 is 0 Å². The second-order valence-corrected chi connectivity index (χ2v) is 3.30. The topological polar surface area (TPSA) is 64.3 Å². The van der Waals surface area contributed by atoms with Crippen molar-refractivity contribution in [1.29, 1.82) is 0 Å². The lowest BCUT2D eigenvalue weighted by Gasteiger charge is -2.13. The van der Waals surface area contributed by atoms with Crippen LogP contribution in [0.3, 0.4) is 0 Å². The fraction of sp³-hybridized carbons (Fsp3) is 0.300. The van der Waals surface area contributed by atoms with Crippen molar-refractivity contribution in [2.45, 2.75) is 13.0 Å². The fourth-order valence-electron chi connectivity index (χ4n) is 1.13. The van der Waals surface area contributed by atoms with Crippen LogP contribution in [0.15, 0.2) is 18.2 Å². The standard InChI is InChI=1S/C10H12F2N2O2/c1-6(14-16-5-10(13)15)7-2-8(11)4-9(12)3-7/h2-4,6,14H,5H2,1H3,(H2,13,15). The minimum absolute atomic E-state index is 0.303. The summed E-state index contributed by atoms with van der Waals surface area (Å²) in [5, 5.41) is 0. The van der Waals surface area contributed by atoms with Crippen LogP contribution in [-0.2, 0) is 9.63 Å². The molecule has 6 heteroatoms. The summed E-state index contributed by atoms with van der Waals surface area (Å²) in [6.45, 7) is 1.33. The zero-order chi connectivity index (χ0) is 12.1. The Morgan fingerprint density at radius 3 is 2.50 bits per heavy atom. The Labute approximate surface area is 91.3 Å². The van der Waals surface area contributed by atoms with E-state index in [1.165, 1.54) is 12.1 Å². The highest BCUT2D eigenvalue weighted by Crippen LogP contribution is 2.15. The fourth-order valence-corrected chi connectivity index (χ4v) is 1.13. The lowest BCUT2D eigenvalue weighted by Crippen LogP contribution is -2.26. The van der Waals surface area contributed by atoms with Crippen LogP contribution in [0.25, 0.3) is 0 Å². The van der Waals surface area contributed by atoms with Crippen LogP contribution in [0.1, 0.15) is 18.5 Å². The molecule has 0 aliphatic heterocycles. The maximum absolute atomic E-state index is 12.9. The third-order valence-corrected chi connectivity index (χ3v) is 1.86. The van der Waals surface area contributed by atoms with Crippen LogP contribution in [-0.4, -0.2) is 12.5 Å². The molecular formula is C10H12F2N2O2. The minimum atomic E-state index is -0.668. The molecule has 0 saturated carbocycles. The van der Waals surface area contributed by atoms with Gasteiger partial charge in [0, 0.05) is 6.07 Å². The van der Waals surface area contributed by atoms with Gasteiger partial charge in [-0.15, -0.1) is 0 Å². The number of benzene rings is 1. The van der Waals surface area contributed by atoms with Gasteiger partial charge in [-0.2, -0.15) is 5.48 Å². The predicted molar refractivity (Wildman–Crippen MR) is 53.1 cm³/mol. The zero-order valence-electron chi connectivity index (χ0n) is 8.67. The number of hydrogen-bond donors (Lipinski definition) is 2. The van der Waals surface area contributed by atoms with Crippen molar-refractivity contribution in [1.82, 2.24) is 5.48 Å². The molecule has 16 heavy (non-hydrogen) atoms. The van der Waals surface area contributed by atoms with Crippen LogP contribution in [0.5, 0.6) is 0 Å². The Bertz CT molecular complexity index is 365. The van der Waals surface area contributed by atoms with Crippen LogP contribution in [0.2, 0.25) is 0 Å². The average Bonchev–Trinajstić information content (AvgIpc) is 2.15. The molecule has 88 valence electrons. The molecule has 0 aromatic heterocycles. The van der Waals surface area contributed by atoms with Gasteiger partial charge in [0.2, 0.25) is 5.91 Å². The number of nitrogens with one attached hydrogen (secondary N) is 1. The lowest BCUT2D eigenvalue weighted by atomic mass is 10.1. The summed E-state index contributed by atoms with van der Waals surface area (Å²) < 4.78 is 25.7. The van der Waals surface area contributed by atoms with E-state index in [-0.39, 0.29) is 6.61 Å². The second kappa shape index (κ2) is 5.53. The van der Waals surface area contributed by atoms with Gasteiger partial charge in [0.1, 0.15) is 18.2 Å². The van der Waals surface area contributed by atoms with E-state index in [1.54, 1.807) is 6.92 Å². The smallest absolute Gasteiger partial charge is 0.245 e. The molecular weight excluding hydrogens is 218 g/mol. The van der Waals surface area contributed by atoms with E-state index in [0.717, 1.165) is 6.07 Å². The maximum atomic E-state index is 12.9. The van der Waals surface area contributed by atoms with E-state index >= 15 is 0 Å². The molecule has 1 aromatic rings. The first-order valence-electron chi connectivity index (χ1n) is 4.60. The maximum Gasteiger partial charge on any atom is 0.245 e. The van der Waals surface area contributed by atoms with Gasteiger partial charge in [-0.1, -0.05) is 0 Å². The average molecular weight is 230 g/mol. The molecule has 1 rings (SSSR count). The Hall–Kier alpha value is -1.53. The number of carbonyl (C=O) groups is 1. The summed E-state index contributed by atoms with van der Waals surface area (Å²) in [5.74, 6) is -1.97. The second-order valence-electron chi connectivity index (χ2n) is 3.30. The SMILES string of the molecule is CC(NOCC(N)=O)c1cc(F)cc(F)c1. The monoisotopic (exact) mass is 230 g/mol. The number of halogens is 2. The third-order valence-electron chi connectivity index (χ3n) is 1.86. The minimum Gasteiger partial charge on any atom is -0.368 e. The highest BCUT2D eigenvalue weighted by molar-refractivity contribution is 5.74. The van der Waals surface area contributed by atoms with Gasteiger partial charge in [-0.05, 0) is 24.6 Å². The summed E-state index contributed by atoms with van der Waals surface area (Å²) in [6.07, 6.45) is 0. The van der Waals surface area contributed by atoms with Crippen molar-refractivity contribution < 1.29 is 18.4 Å². The highest BCUT2D eigenvalue weighted by atomic mass is 19.1. The van der Waals surface area contributed by atoms with Crippen LogP contribution in [0.4, 0.5) is 8.78 Å². The summed E-state index contributed by atoms with van der Waals surface area (Å²) >= 11 is 0. The van der Waals surface area contributed by atoms with E-state index in [2.05, 4.69) is 5.48 Å². The molecule has 0 aliphatic rings. The van der Waals surface area contributed by atoms with Crippen molar-refractivity contribution in [2.75, 3.05) is 6.61 Å². The van der Waals surface area contributed by atoms with Gasteiger partial charge in [0.15, 0.2) is 0 Å². The van der Waals surface area contributed by atoms with Gasteiger partial charge in [-0.3, -0.25) is 9.63 Å². The van der Waals surface area contributed by atoms with Crippen LogP contribution in [0, 0.1) is 11.6 Å². The van der Waals surface area contributed by atoms with Gasteiger partial charge in [0.25, 0.3) is 0 Å². The quantitative estimate of drug-likeness (QED) is 0.742. The van der Waals surface area contributed by atoms with Gasteiger partial charge >= 0.3 is 0 Å². The molecule has 1 atom stereocenters. The van der Waals surface area contributed by atoms with Gasteiger partial charge in [0.05, 0.1) is 6.04 Å². The number of carbonyl (C=O) groups excluding carboxylic acids is 1. The predicted octanol–water partition coefficient (Wildman–Crippen LogP) is 1.03. The summed E-state index contributed by atoms with van der Waals surface area (Å²) in [4.78, 5) is 15.1. The van der Waals surface area contributed by atoms with Crippen molar-refractivity contribution in [2.24, 2.45) is 5.73 Å². The normalized spacial score (nSPS) is 12.4. The molecule has 1 aromatic carbocycles. The third kappa shape index (κ3) is 3.92. The number of rotatable bonds is 5. The first kappa shape index (κ1) is 12.5. The lowest BCUT2D eigenvalue weighted by molar-refractivity contribution is -0.126. The molecule has 3 N–H and O–H groups in total. The van der Waals surface area contributed by atoms with E-state index in [1.807, 2.05) is 0 Å². The zero-order valence-corrected chi connectivity index (χ0v) is 8.67. The Kier molecular flexibility index (Phi) is 4.33. The molecule has 4 nitrogen and oxygen atoms in total. The van der Waals surface area contributed by atoms with Crippen molar-refractivity contribution >= 4 is 5.91 Å². The largest absolute Gasteiger partial charge is 0.368 e. The molecule has 0 aliphatic carbocycles. The van der Waals surface area contributed by atoms with E-state index in [0.29, 0.717) is 5.56 Å². The van der Waals surface area contributed by atoms with Gasteiger partial charge < -0.3 is 5.73 Å².